The summed E-state index contributed by atoms with van der Waals surface area (Å²) in [7, 11) is 0. The number of hydrogen-bond donors (Lipinski definition) is 1. The van der Waals surface area contributed by atoms with Crippen LogP contribution in [0, 0.1) is 5.92 Å². The lowest BCUT2D eigenvalue weighted by Gasteiger charge is -2.31. The highest BCUT2D eigenvalue weighted by atomic mass is 35.5. The molecule has 5 heteroatoms. The van der Waals surface area contributed by atoms with Gasteiger partial charge in [0, 0.05) is 6.54 Å². The molecule has 2 N–H and O–H groups in total. The molecule has 16 heavy (non-hydrogen) atoms. The Hall–Kier alpha value is 0.200. The summed E-state index contributed by atoms with van der Waals surface area (Å²) in [5.41, 5.74) is 6.83. The van der Waals surface area contributed by atoms with E-state index in [1.165, 1.54) is 24.2 Å². The Morgan fingerprint density at radius 3 is 2.56 bits per heavy atom. The maximum Gasteiger partial charge on any atom is 0.112 e. The molecule has 0 spiro atoms. The van der Waals surface area contributed by atoms with Crippen LogP contribution in [-0.4, -0.2) is 24.5 Å². The Bertz CT molecular complexity index is 346. The first-order chi connectivity index (χ1) is 7.70. The Labute approximate surface area is 110 Å². The maximum atomic E-state index is 6.12. The molecule has 0 saturated carbocycles. The molecule has 1 saturated heterocycles. The molecule has 0 radical (unpaired) electrons. The summed E-state index contributed by atoms with van der Waals surface area (Å²) in [6.45, 7) is 3.97. The van der Waals surface area contributed by atoms with E-state index in [9.17, 15) is 0 Å². The van der Waals surface area contributed by atoms with Crippen LogP contribution < -0.4 is 5.73 Å². The standard InChI is InChI=1S/C11H16Cl2N2S/c12-10-9(7-16-11(10)13)6-15-3-1-8(5-14)2-4-15/h7-8H,1-6,14H2. The summed E-state index contributed by atoms with van der Waals surface area (Å²) < 4.78 is 0.702. The van der Waals surface area contributed by atoms with Gasteiger partial charge >= 0.3 is 0 Å². The first-order valence-electron chi connectivity index (χ1n) is 5.54. The molecule has 90 valence electrons. The van der Waals surface area contributed by atoms with E-state index in [0.29, 0.717) is 10.3 Å². The second kappa shape index (κ2) is 5.69. The third-order valence-corrected chi connectivity index (χ3v) is 5.10. The van der Waals surface area contributed by atoms with Crippen molar-refractivity contribution in [3.63, 3.8) is 0 Å². The van der Waals surface area contributed by atoms with Gasteiger partial charge in [0.05, 0.1) is 5.02 Å². The van der Waals surface area contributed by atoms with Crippen LogP contribution in [0.4, 0.5) is 0 Å². The molecule has 2 heterocycles. The third-order valence-electron chi connectivity index (χ3n) is 3.19. The number of nitrogens with zero attached hydrogens (tertiary/aromatic N) is 1. The van der Waals surface area contributed by atoms with Crippen molar-refractivity contribution in [3.8, 4) is 0 Å². The zero-order chi connectivity index (χ0) is 11.5. The number of rotatable bonds is 3. The quantitative estimate of drug-likeness (QED) is 0.920. The Kier molecular flexibility index (Phi) is 4.50. The highest BCUT2D eigenvalue weighted by Gasteiger charge is 2.19. The molecule has 0 unspecified atom stereocenters. The van der Waals surface area contributed by atoms with Gasteiger partial charge in [0.15, 0.2) is 0 Å². The molecule has 1 aromatic rings. The van der Waals surface area contributed by atoms with E-state index in [0.717, 1.165) is 36.8 Å². The number of hydrogen-bond acceptors (Lipinski definition) is 3. The zero-order valence-electron chi connectivity index (χ0n) is 9.09. The van der Waals surface area contributed by atoms with Crippen molar-refractivity contribution in [2.24, 2.45) is 11.7 Å². The SMILES string of the molecule is NCC1CCN(Cc2csc(Cl)c2Cl)CC1. The van der Waals surface area contributed by atoms with E-state index in [1.54, 1.807) is 0 Å². The molecule has 0 aromatic carbocycles. The minimum atomic E-state index is 0.702. The molecule has 0 amide bonds. The van der Waals surface area contributed by atoms with Crippen molar-refractivity contribution in [3.05, 3.63) is 20.3 Å². The van der Waals surface area contributed by atoms with Crippen LogP contribution >= 0.6 is 34.5 Å². The van der Waals surface area contributed by atoms with Crippen LogP contribution in [0.15, 0.2) is 5.38 Å². The highest BCUT2D eigenvalue weighted by Crippen LogP contribution is 2.33. The lowest BCUT2D eigenvalue weighted by molar-refractivity contribution is 0.180. The van der Waals surface area contributed by atoms with E-state index in [-0.39, 0.29) is 0 Å². The summed E-state index contributed by atoms with van der Waals surface area (Å²) >= 11 is 13.6. The third kappa shape index (κ3) is 2.90. The van der Waals surface area contributed by atoms with Crippen molar-refractivity contribution in [1.82, 2.24) is 4.90 Å². The number of nitrogens with two attached hydrogens (primary N) is 1. The first-order valence-corrected chi connectivity index (χ1v) is 7.18. The van der Waals surface area contributed by atoms with Crippen LogP contribution in [0.25, 0.3) is 0 Å². The van der Waals surface area contributed by atoms with E-state index < -0.39 is 0 Å². The summed E-state index contributed by atoms with van der Waals surface area (Å²) in [6, 6.07) is 0. The van der Waals surface area contributed by atoms with Crippen molar-refractivity contribution in [2.45, 2.75) is 19.4 Å². The molecule has 1 fully saturated rings. The minimum Gasteiger partial charge on any atom is -0.330 e. The second-order valence-electron chi connectivity index (χ2n) is 4.30. The average molecular weight is 279 g/mol. The van der Waals surface area contributed by atoms with Gasteiger partial charge in [-0.2, -0.15) is 0 Å². The molecule has 0 aliphatic carbocycles. The molecule has 1 aliphatic heterocycles. The van der Waals surface area contributed by atoms with Gasteiger partial charge in [-0.1, -0.05) is 23.2 Å². The normalized spacial score (nSPS) is 19.2. The number of thiophene rings is 1. The lowest BCUT2D eigenvalue weighted by atomic mass is 9.97. The van der Waals surface area contributed by atoms with Crippen molar-refractivity contribution < 1.29 is 0 Å². The fourth-order valence-electron chi connectivity index (χ4n) is 2.08. The van der Waals surface area contributed by atoms with Gasteiger partial charge in [-0.25, -0.2) is 0 Å². The van der Waals surface area contributed by atoms with Crippen LogP contribution in [0.5, 0.6) is 0 Å². The summed E-state index contributed by atoms with van der Waals surface area (Å²) in [5.74, 6) is 0.706. The summed E-state index contributed by atoms with van der Waals surface area (Å²) in [5, 5.41) is 2.78. The van der Waals surface area contributed by atoms with Crippen LogP contribution in [0.2, 0.25) is 9.36 Å². The largest absolute Gasteiger partial charge is 0.330 e. The van der Waals surface area contributed by atoms with Crippen LogP contribution in [0.1, 0.15) is 18.4 Å². The molecule has 2 rings (SSSR count). The van der Waals surface area contributed by atoms with E-state index in [2.05, 4.69) is 10.3 Å². The molecule has 2 nitrogen and oxygen atoms in total. The number of halogens is 2. The average Bonchev–Trinajstić information content (AvgIpc) is 2.62. The number of likely N-dealkylation sites (tertiary alicyclic amines) is 1. The van der Waals surface area contributed by atoms with Crippen molar-refractivity contribution in [1.29, 1.82) is 0 Å². The fraction of sp³-hybridized carbons (Fsp3) is 0.636. The monoisotopic (exact) mass is 278 g/mol. The molecular weight excluding hydrogens is 263 g/mol. The van der Waals surface area contributed by atoms with Gasteiger partial charge in [-0.05, 0) is 49.3 Å². The topological polar surface area (TPSA) is 29.3 Å². The van der Waals surface area contributed by atoms with Gasteiger partial charge < -0.3 is 5.73 Å². The van der Waals surface area contributed by atoms with Gasteiger partial charge in [0.2, 0.25) is 0 Å². The summed E-state index contributed by atoms with van der Waals surface area (Å²) in [4.78, 5) is 2.43. The predicted octanol–water partition coefficient (Wildman–Crippen LogP) is 3.23. The predicted molar refractivity (Wildman–Crippen MR) is 71.4 cm³/mol. The lowest BCUT2D eigenvalue weighted by Crippen LogP contribution is -2.35. The summed E-state index contributed by atoms with van der Waals surface area (Å²) in [6.07, 6.45) is 2.40. The zero-order valence-corrected chi connectivity index (χ0v) is 11.4. The Morgan fingerprint density at radius 2 is 2.06 bits per heavy atom. The molecule has 1 aliphatic rings. The van der Waals surface area contributed by atoms with Gasteiger partial charge in [-0.3, -0.25) is 4.90 Å². The molecule has 0 bridgehead atoms. The first kappa shape index (κ1) is 12.7. The Morgan fingerprint density at radius 1 is 1.38 bits per heavy atom. The second-order valence-corrected chi connectivity index (χ2v) is 6.16. The molecule has 0 atom stereocenters. The van der Waals surface area contributed by atoms with Crippen LogP contribution in [0.3, 0.4) is 0 Å². The Balaban J connectivity index is 1.89. The van der Waals surface area contributed by atoms with Crippen LogP contribution in [-0.2, 0) is 6.54 Å². The smallest absolute Gasteiger partial charge is 0.112 e. The fourth-order valence-corrected chi connectivity index (χ4v) is 3.32. The van der Waals surface area contributed by atoms with Gasteiger partial charge in [-0.15, -0.1) is 11.3 Å². The number of piperidine rings is 1. The van der Waals surface area contributed by atoms with E-state index >= 15 is 0 Å². The molecular formula is C11H16Cl2N2S. The van der Waals surface area contributed by atoms with Gasteiger partial charge in [0.25, 0.3) is 0 Å². The highest BCUT2D eigenvalue weighted by molar-refractivity contribution is 7.15. The maximum absolute atomic E-state index is 6.12. The van der Waals surface area contributed by atoms with Crippen molar-refractivity contribution >= 4 is 34.5 Å². The minimum absolute atomic E-state index is 0.702. The van der Waals surface area contributed by atoms with Crippen molar-refractivity contribution in [2.75, 3.05) is 19.6 Å². The van der Waals surface area contributed by atoms with Gasteiger partial charge in [0.1, 0.15) is 4.34 Å². The van der Waals surface area contributed by atoms with E-state index in [4.69, 9.17) is 28.9 Å². The molecule has 1 aromatic heterocycles. The van der Waals surface area contributed by atoms with E-state index in [1.807, 2.05) is 0 Å².